The van der Waals surface area contributed by atoms with E-state index in [2.05, 4.69) is 10.6 Å². The molecule has 4 amide bonds. The molecule has 2 aliphatic rings. The Kier molecular flexibility index (Phi) is 13.6. The highest BCUT2D eigenvalue weighted by atomic mass is 16.6. The van der Waals surface area contributed by atoms with E-state index in [4.69, 9.17) is 18.9 Å². The van der Waals surface area contributed by atoms with Crippen molar-refractivity contribution in [3.05, 3.63) is 35.4 Å². The van der Waals surface area contributed by atoms with Gasteiger partial charge in [-0.15, -0.1) is 0 Å². The lowest BCUT2D eigenvalue weighted by molar-refractivity contribution is -0.159. The molecule has 1 aromatic rings. The molecule has 2 fully saturated rings. The number of ether oxygens (including phenoxy) is 4. The minimum Gasteiger partial charge on any atom is -0.467 e. The number of amides is 4. The summed E-state index contributed by atoms with van der Waals surface area (Å²) in [5.41, 5.74) is -0.621. The summed E-state index contributed by atoms with van der Waals surface area (Å²) in [6.45, 7) is 12.5. The molecule has 2 saturated heterocycles. The lowest BCUT2D eigenvalue weighted by atomic mass is 9.85. The third-order valence-corrected chi connectivity index (χ3v) is 8.94. The van der Waals surface area contributed by atoms with Crippen molar-refractivity contribution in [2.45, 2.75) is 129 Å². The molecular weight excluding hydrogens is 664 g/mol. The van der Waals surface area contributed by atoms with Gasteiger partial charge >= 0.3 is 24.0 Å². The van der Waals surface area contributed by atoms with E-state index in [1.165, 1.54) is 37.5 Å². The predicted molar refractivity (Wildman–Crippen MR) is 183 cm³/mol. The first-order valence-corrected chi connectivity index (χ1v) is 17.2. The molecule has 0 saturated carbocycles. The van der Waals surface area contributed by atoms with Gasteiger partial charge in [0.05, 0.1) is 7.11 Å². The summed E-state index contributed by atoms with van der Waals surface area (Å²) in [6.07, 6.45) is -1.59. The first-order chi connectivity index (χ1) is 23.8. The Bertz CT molecular complexity index is 1470. The van der Waals surface area contributed by atoms with Gasteiger partial charge in [0.1, 0.15) is 35.4 Å². The fourth-order valence-corrected chi connectivity index (χ4v) is 6.63. The third-order valence-electron chi connectivity index (χ3n) is 8.94. The van der Waals surface area contributed by atoms with E-state index in [0.29, 0.717) is 12.8 Å². The van der Waals surface area contributed by atoms with Crippen molar-refractivity contribution in [2.24, 2.45) is 0 Å². The zero-order valence-electron chi connectivity index (χ0n) is 31.0. The van der Waals surface area contributed by atoms with Gasteiger partial charge in [-0.3, -0.25) is 24.0 Å². The van der Waals surface area contributed by atoms with Crippen LogP contribution in [0.25, 0.3) is 0 Å². The fourth-order valence-electron chi connectivity index (χ4n) is 6.63. The number of hydrogen-bond acceptors (Lipinski definition) is 11. The number of hydrogen-bond donors (Lipinski definition) is 2. The van der Waals surface area contributed by atoms with Crippen LogP contribution in [0.4, 0.5) is 4.79 Å². The number of carbonyl (C=O) groups is 7. The van der Waals surface area contributed by atoms with E-state index in [-0.39, 0.29) is 32.4 Å². The maximum absolute atomic E-state index is 14.7. The lowest BCUT2D eigenvalue weighted by Crippen LogP contribution is -2.65. The number of nitrogens with one attached hydrogen (secondary N) is 2. The maximum Gasteiger partial charge on any atom is 0.408 e. The van der Waals surface area contributed by atoms with Gasteiger partial charge < -0.3 is 39.4 Å². The summed E-state index contributed by atoms with van der Waals surface area (Å²) >= 11 is 0. The molecule has 1 aromatic carbocycles. The second kappa shape index (κ2) is 17.0. The molecule has 0 bridgehead atoms. The van der Waals surface area contributed by atoms with Crippen molar-refractivity contribution in [1.82, 2.24) is 20.4 Å². The van der Waals surface area contributed by atoms with Crippen LogP contribution in [0, 0.1) is 6.92 Å². The van der Waals surface area contributed by atoms with Crippen LogP contribution in [0.3, 0.4) is 0 Å². The Balaban J connectivity index is 2.01. The van der Waals surface area contributed by atoms with Crippen LogP contribution in [0.5, 0.6) is 0 Å². The van der Waals surface area contributed by atoms with E-state index < -0.39 is 83.2 Å². The van der Waals surface area contributed by atoms with Crippen molar-refractivity contribution in [1.29, 1.82) is 0 Å². The average Bonchev–Trinajstić information content (AvgIpc) is 3.69. The number of aryl methyl sites for hydroxylation is 1. The molecule has 2 unspecified atom stereocenters. The summed E-state index contributed by atoms with van der Waals surface area (Å²) in [5.74, 6) is -3.95. The average molecular weight is 717 g/mol. The predicted octanol–water partition coefficient (Wildman–Crippen LogP) is 2.34. The second-order valence-corrected chi connectivity index (χ2v) is 14.2. The van der Waals surface area contributed by atoms with Gasteiger partial charge in [-0.1, -0.05) is 29.8 Å². The van der Waals surface area contributed by atoms with Crippen LogP contribution in [0.2, 0.25) is 0 Å². The van der Waals surface area contributed by atoms with E-state index in [1.54, 1.807) is 20.8 Å². The Morgan fingerprint density at radius 3 is 2.02 bits per heavy atom. The molecule has 282 valence electrons. The van der Waals surface area contributed by atoms with E-state index in [1.807, 2.05) is 31.2 Å². The van der Waals surface area contributed by atoms with Gasteiger partial charge in [0.15, 0.2) is 6.04 Å². The Labute approximate surface area is 299 Å². The molecule has 2 aliphatic heterocycles. The molecule has 2 N–H and O–H groups in total. The Morgan fingerprint density at radius 2 is 1.47 bits per heavy atom. The lowest BCUT2D eigenvalue weighted by Gasteiger charge is -2.41. The van der Waals surface area contributed by atoms with Gasteiger partial charge in [0, 0.05) is 33.4 Å². The van der Waals surface area contributed by atoms with Crippen molar-refractivity contribution in [2.75, 3.05) is 20.2 Å². The van der Waals surface area contributed by atoms with E-state index in [9.17, 15) is 33.6 Å². The molecule has 0 aromatic heterocycles. The van der Waals surface area contributed by atoms with Crippen LogP contribution in [0.15, 0.2) is 24.3 Å². The van der Waals surface area contributed by atoms with Crippen molar-refractivity contribution in [3.63, 3.8) is 0 Å². The van der Waals surface area contributed by atoms with Gasteiger partial charge in [0.2, 0.25) is 17.7 Å². The van der Waals surface area contributed by atoms with Gasteiger partial charge in [-0.05, 0) is 72.8 Å². The molecule has 2 heterocycles. The molecule has 15 nitrogen and oxygen atoms in total. The zero-order valence-corrected chi connectivity index (χ0v) is 31.0. The topological polar surface area (TPSA) is 187 Å². The van der Waals surface area contributed by atoms with E-state index in [0.717, 1.165) is 18.2 Å². The summed E-state index contributed by atoms with van der Waals surface area (Å²) in [5, 5.41) is 5.23. The number of alkyl carbamates (subject to hydrolysis) is 1. The van der Waals surface area contributed by atoms with Crippen LogP contribution >= 0.6 is 0 Å². The van der Waals surface area contributed by atoms with Gasteiger partial charge in [0.25, 0.3) is 0 Å². The number of benzene rings is 1. The van der Waals surface area contributed by atoms with Crippen LogP contribution in [-0.2, 0) is 54.1 Å². The Morgan fingerprint density at radius 1 is 0.882 bits per heavy atom. The molecule has 0 aliphatic carbocycles. The monoisotopic (exact) mass is 716 g/mol. The van der Waals surface area contributed by atoms with Crippen LogP contribution in [-0.4, -0.2) is 113 Å². The number of esters is 3. The minimum atomic E-state index is -1.49. The van der Waals surface area contributed by atoms with Gasteiger partial charge in [-0.25, -0.2) is 9.59 Å². The first kappa shape index (κ1) is 40.7. The molecule has 0 spiro atoms. The molecule has 0 radical (unpaired) electrons. The summed E-state index contributed by atoms with van der Waals surface area (Å²) in [7, 11) is 1.15. The zero-order chi connectivity index (χ0) is 38.3. The minimum absolute atomic E-state index is 0.0909. The quantitative estimate of drug-likeness (QED) is 0.239. The third kappa shape index (κ3) is 10.4. The highest BCUT2D eigenvalue weighted by Gasteiger charge is 2.54. The van der Waals surface area contributed by atoms with Gasteiger partial charge in [-0.2, -0.15) is 0 Å². The molecule has 3 rings (SSSR count). The molecule has 15 heteroatoms. The smallest absolute Gasteiger partial charge is 0.408 e. The van der Waals surface area contributed by atoms with Crippen LogP contribution in [0.1, 0.15) is 85.3 Å². The van der Waals surface area contributed by atoms with Crippen molar-refractivity contribution in [3.8, 4) is 0 Å². The first-order valence-electron chi connectivity index (χ1n) is 17.2. The SMILES string of the molecule is COC(=O)[C@@H](NC(=O)C1(Cc2ccc(C)cc2)CCCN1C(=O)[C@@H]1CCCN1C(=O)C(NC(=O)OC(C)(C)C)[C@@H](C)OC(C)=O)[C@@H](C)OC(C)=O. The number of likely N-dealkylation sites (tertiary alicyclic amines) is 2. The number of rotatable bonds is 12. The Hall–Kier alpha value is -4.69. The normalized spacial score (nSPS) is 21.1. The highest BCUT2D eigenvalue weighted by molar-refractivity contribution is 5.98. The second-order valence-electron chi connectivity index (χ2n) is 14.2. The summed E-state index contributed by atoms with van der Waals surface area (Å²) < 4.78 is 20.8. The summed E-state index contributed by atoms with van der Waals surface area (Å²) in [6, 6.07) is 3.75. The number of carbonyl (C=O) groups excluding carboxylic acids is 7. The fraction of sp³-hybridized carbons (Fsp3) is 0.639. The molecule has 51 heavy (non-hydrogen) atoms. The van der Waals surface area contributed by atoms with E-state index >= 15 is 0 Å². The summed E-state index contributed by atoms with van der Waals surface area (Å²) in [4.78, 5) is 95.4. The highest BCUT2D eigenvalue weighted by Crippen LogP contribution is 2.36. The molecule has 6 atom stereocenters. The maximum atomic E-state index is 14.7. The number of methoxy groups -OCH3 is 1. The largest absolute Gasteiger partial charge is 0.467 e. The van der Waals surface area contributed by atoms with Crippen molar-refractivity contribution >= 4 is 41.7 Å². The number of nitrogens with zero attached hydrogens (tertiary/aromatic N) is 2. The molecular formula is C36H52N4O11. The standard InChI is InChI=1S/C36H52N4O11/c1-21-13-15-26(16-14-21)20-36(33(46)37-29(32(45)48-9)23(3)50-25(5)42)17-11-19-40(36)30(43)27-12-10-18-39(27)31(44)28(22(2)49-24(4)41)38-34(47)51-35(6,7)8/h13-16,22-23,27-29H,10-12,17-20H2,1-9H3,(H,37,46)(H,38,47)/t22-,23-,27+,28?,29+,36?/m1/s1. The van der Waals surface area contributed by atoms with Crippen molar-refractivity contribution < 1.29 is 52.5 Å². The van der Waals surface area contributed by atoms with Crippen LogP contribution < -0.4 is 10.6 Å².